The Labute approximate surface area is 116 Å². The lowest BCUT2D eigenvalue weighted by Crippen LogP contribution is -2.33. The molecule has 1 aromatic rings. The van der Waals surface area contributed by atoms with Crippen molar-refractivity contribution in [2.75, 3.05) is 38.6 Å². The third-order valence-electron chi connectivity index (χ3n) is 3.90. The van der Waals surface area contributed by atoms with Crippen LogP contribution in [0.2, 0.25) is 0 Å². The van der Waals surface area contributed by atoms with Crippen molar-refractivity contribution in [3.63, 3.8) is 0 Å². The molecule has 106 valence electrons. The maximum Gasteiger partial charge on any atom is 0.0736 e. The third kappa shape index (κ3) is 4.51. The number of nitrogens with one attached hydrogen (secondary N) is 1. The van der Waals surface area contributed by atoms with Crippen LogP contribution in [0.4, 0.5) is 5.69 Å². The lowest BCUT2D eigenvalue weighted by atomic mass is 9.97. The van der Waals surface area contributed by atoms with Crippen molar-refractivity contribution < 1.29 is 4.74 Å². The number of para-hydroxylation sites is 1. The number of benzene rings is 1. The molecule has 1 aliphatic heterocycles. The second kappa shape index (κ2) is 7.51. The summed E-state index contributed by atoms with van der Waals surface area (Å²) >= 11 is 0. The van der Waals surface area contributed by atoms with Crippen LogP contribution in [0.25, 0.3) is 0 Å². The number of piperidine rings is 1. The first-order valence-corrected chi connectivity index (χ1v) is 7.37. The Kier molecular flexibility index (Phi) is 5.67. The van der Waals surface area contributed by atoms with E-state index in [0.717, 1.165) is 19.1 Å². The third-order valence-corrected chi connectivity index (χ3v) is 3.90. The van der Waals surface area contributed by atoms with Crippen LogP contribution in [0.5, 0.6) is 0 Å². The summed E-state index contributed by atoms with van der Waals surface area (Å²) in [6, 6.07) is 8.47. The van der Waals surface area contributed by atoms with Gasteiger partial charge in [-0.1, -0.05) is 18.2 Å². The average Bonchev–Trinajstić information content (AvgIpc) is 2.45. The van der Waals surface area contributed by atoms with Gasteiger partial charge in [-0.05, 0) is 51.9 Å². The number of nitrogens with zero attached hydrogens (tertiary/aromatic N) is 1. The molecule has 1 heterocycles. The normalized spacial score (nSPS) is 17.6. The standard InChI is InChI=1S/C16H26N2O/c1-3-19-13-15-6-4-5-7-16(15)17-12-14-8-10-18(2)11-9-14/h4-7,14,17H,3,8-13H2,1-2H3. The fraction of sp³-hybridized carbons (Fsp3) is 0.625. The van der Waals surface area contributed by atoms with Crippen molar-refractivity contribution in [1.82, 2.24) is 4.90 Å². The molecular formula is C16H26N2O. The number of likely N-dealkylation sites (tertiary alicyclic amines) is 1. The highest BCUT2D eigenvalue weighted by atomic mass is 16.5. The molecule has 3 heteroatoms. The van der Waals surface area contributed by atoms with Crippen molar-refractivity contribution in [2.24, 2.45) is 5.92 Å². The van der Waals surface area contributed by atoms with Crippen LogP contribution in [-0.4, -0.2) is 38.2 Å². The molecule has 1 saturated heterocycles. The van der Waals surface area contributed by atoms with Gasteiger partial charge in [0.2, 0.25) is 0 Å². The van der Waals surface area contributed by atoms with Gasteiger partial charge in [0.1, 0.15) is 0 Å². The Morgan fingerprint density at radius 1 is 1.26 bits per heavy atom. The molecule has 1 fully saturated rings. The number of anilines is 1. The molecule has 0 aliphatic carbocycles. The Bertz CT molecular complexity index is 373. The zero-order chi connectivity index (χ0) is 13.5. The molecule has 3 nitrogen and oxygen atoms in total. The maximum atomic E-state index is 5.52. The Hall–Kier alpha value is -1.06. The lowest BCUT2D eigenvalue weighted by molar-refractivity contribution is 0.134. The van der Waals surface area contributed by atoms with Crippen LogP contribution < -0.4 is 5.32 Å². The molecule has 0 unspecified atom stereocenters. The van der Waals surface area contributed by atoms with Gasteiger partial charge in [-0.2, -0.15) is 0 Å². The van der Waals surface area contributed by atoms with E-state index in [1.165, 1.54) is 37.2 Å². The number of ether oxygens (including phenoxy) is 1. The topological polar surface area (TPSA) is 24.5 Å². The van der Waals surface area contributed by atoms with Crippen molar-refractivity contribution in [1.29, 1.82) is 0 Å². The number of hydrogen-bond acceptors (Lipinski definition) is 3. The minimum absolute atomic E-state index is 0.701. The molecule has 1 aliphatic rings. The summed E-state index contributed by atoms with van der Waals surface area (Å²) in [7, 11) is 2.21. The molecule has 1 N–H and O–H groups in total. The number of hydrogen-bond donors (Lipinski definition) is 1. The van der Waals surface area contributed by atoms with Crippen LogP contribution in [0, 0.1) is 5.92 Å². The first-order valence-electron chi connectivity index (χ1n) is 7.37. The fourth-order valence-electron chi connectivity index (χ4n) is 2.55. The second-order valence-electron chi connectivity index (χ2n) is 5.42. The minimum Gasteiger partial charge on any atom is -0.384 e. The molecular weight excluding hydrogens is 236 g/mol. The minimum atomic E-state index is 0.701. The van der Waals surface area contributed by atoms with Crippen molar-refractivity contribution in [2.45, 2.75) is 26.4 Å². The van der Waals surface area contributed by atoms with E-state index in [0.29, 0.717) is 6.61 Å². The molecule has 1 aromatic carbocycles. The zero-order valence-corrected chi connectivity index (χ0v) is 12.2. The molecule has 0 spiro atoms. The summed E-state index contributed by atoms with van der Waals surface area (Å²) in [5, 5.41) is 3.61. The van der Waals surface area contributed by atoms with Gasteiger partial charge in [0.25, 0.3) is 0 Å². The van der Waals surface area contributed by atoms with Crippen LogP contribution in [-0.2, 0) is 11.3 Å². The van der Waals surface area contributed by atoms with Crippen molar-refractivity contribution in [3.8, 4) is 0 Å². The SMILES string of the molecule is CCOCc1ccccc1NCC1CCN(C)CC1. The van der Waals surface area contributed by atoms with E-state index in [1.54, 1.807) is 0 Å². The van der Waals surface area contributed by atoms with Crippen molar-refractivity contribution in [3.05, 3.63) is 29.8 Å². The second-order valence-corrected chi connectivity index (χ2v) is 5.42. The molecule has 0 radical (unpaired) electrons. The van der Waals surface area contributed by atoms with Gasteiger partial charge >= 0.3 is 0 Å². The average molecular weight is 262 g/mol. The van der Waals surface area contributed by atoms with Gasteiger partial charge in [0, 0.05) is 24.4 Å². The molecule has 0 saturated carbocycles. The molecule has 0 aromatic heterocycles. The van der Waals surface area contributed by atoms with E-state index in [2.05, 4.69) is 41.5 Å². The predicted molar refractivity (Wildman–Crippen MR) is 80.5 cm³/mol. The van der Waals surface area contributed by atoms with Crippen molar-refractivity contribution >= 4 is 5.69 Å². The lowest BCUT2D eigenvalue weighted by Gasteiger charge is -2.29. The van der Waals surface area contributed by atoms with Gasteiger partial charge in [-0.3, -0.25) is 0 Å². The van der Waals surface area contributed by atoms with Gasteiger partial charge in [0.05, 0.1) is 6.61 Å². The van der Waals surface area contributed by atoms with E-state index >= 15 is 0 Å². The number of rotatable bonds is 6. The van der Waals surface area contributed by atoms with Gasteiger partial charge < -0.3 is 15.0 Å². The summed E-state index contributed by atoms with van der Waals surface area (Å²) in [4.78, 5) is 2.42. The quantitative estimate of drug-likeness (QED) is 0.853. The zero-order valence-electron chi connectivity index (χ0n) is 12.2. The Morgan fingerprint density at radius 2 is 2.00 bits per heavy atom. The molecule has 2 rings (SSSR count). The summed E-state index contributed by atoms with van der Waals surface area (Å²) in [5.41, 5.74) is 2.49. The molecule has 0 atom stereocenters. The Morgan fingerprint density at radius 3 is 2.74 bits per heavy atom. The van der Waals surface area contributed by atoms with Crippen LogP contribution >= 0.6 is 0 Å². The summed E-state index contributed by atoms with van der Waals surface area (Å²) < 4.78 is 5.52. The van der Waals surface area contributed by atoms with Gasteiger partial charge in [-0.15, -0.1) is 0 Å². The van der Waals surface area contributed by atoms with E-state index in [1.807, 2.05) is 6.92 Å². The highest BCUT2D eigenvalue weighted by Crippen LogP contribution is 2.20. The first kappa shape index (κ1) is 14.4. The van der Waals surface area contributed by atoms with Crippen LogP contribution in [0.1, 0.15) is 25.3 Å². The molecule has 19 heavy (non-hydrogen) atoms. The van der Waals surface area contributed by atoms with Crippen LogP contribution in [0.15, 0.2) is 24.3 Å². The summed E-state index contributed by atoms with van der Waals surface area (Å²) in [6.45, 7) is 7.04. The maximum absolute atomic E-state index is 5.52. The Balaban J connectivity index is 1.84. The predicted octanol–water partition coefficient (Wildman–Crippen LogP) is 2.98. The summed E-state index contributed by atoms with van der Waals surface area (Å²) in [5.74, 6) is 0.802. The van der Waals surface area contributed by atoms with E-state index in [4.69, 9.17) is 4.74 Å². The fourth-order valence-corrected chi connectivity index (χ4v) is 2.55. The van der Waals surface area contributed by atoms with E-state index < -0.39 is 0 Å². The van der Waals surface area contributed by atoms with Gasteiger partial charge in [0.15, 0.2) is 0 Å². The van der Waals surface area contributed by atoms with Crippen LogP contribution in [0.3, 0.4) is 0 Å². The monoisotopic (exact) mass is 262 g/mol. The highest BCUT2D eigenvalue weighted by Gasteiger charge is 2.16. The first-order chi connectivity index (χ1) is 9.29. The largest absolute Gasteiger partial charge is 0.384 e. The highest BCUT2D eigenvalue weighted by molar-refractivity contribution is 5.50. The summed E-state index contributed by atoms with van der Waals surface area (Å²) in [6.07, 6.45) is 2.61. The van der Waals surface area contributed by atoms with Gasteiger partial charge in [-0.25, -0.2) is 0 Å². The molecule has 0 amide bonds. The van der Waals surface area contributed by atoms with E-state index in [9.17, 15) is 0 Å². The smallest absolute Gasteiger partial charge is 0.0736 e. The molecule has 0 bridgehead atoms. The van der Waals surface area contributed by atoms with E-state index in [-0.39, 0.29) is 0 Å².